The molecule has 27 heavy (non-hydrogen) atoms. The number of primary amides is 1. The molecular formula is C21H19ClN2O3. The number of nitrogens with two attached hydrogens (primary N) is 1. The number of halogens is 1. The molecule has 0 aliphatic rings. The van der Waals surface area contributed by atoms with E-state index >= 15 is 0 Å². The quantitative estimate of drug-likeness (QED) is 0.706. The van der Waals surface area contributed by atoms with Crippen molar-refractivity contribution in [3.05, 3.63) is 58.6 Å². The molecule has 2 N–H and O–H groups in total. The zero-order valence-electron chi connectivity index (χ0n) is 14.8. The summed E-state index contributed by atoms with van der Waals surface area (Å²) in [5, 5.41) is 10.3. The van der Waals surface area contributed by atoms with Gasteiger partial charge in [0.15, 0.2) is 11.5 Å². The zero-order chi connectivity index (χ0) is 19.8. The number of hydrogen-bond donors (Lipinski definition) is 1. The summed E-state index contributed by atoms with van der Waals surface area (Å²) < 4.78 is 10.8. The number of nitrogens with zero attached hydrogens (tertiary/aromatic N) is 1. The lowest BCUT2D eigenvalue weighted by Gasteiger charge is -2.23. The van der Waals surface area contributed by atoms with Crippen LogP contribution in [0.3, 0.4) is 0 Å². The Kier molecular flexibility index (Phi) is 7.11. The molecule has 6 heteroatoms. The summed E-state index contributed by atoms with van der Waals surface area (Å²) in [7, 11) is 1.51. The van der Waals surface area contributed by atoms with Crippen LogP contribution in [-0.2, 0) is 4.79 Å². The largest absolute Gasteiger partial charge is 0.493 e. The first-order chi connectivity index (χ1) is 13.0. The van der Waals surface area contributed by atoms with E-state index < -0.39 is 17.7 Å². The van der Waals surface area contributed by atoms with Crippen molar-refractivity contribution in [2.75, 3.05) is 13.7 Å². The summed E-state index contributed by atoms with van der Waals surface area (Å²) in [6.07, 6.45) is 5.23. The van der Waals surface area contributed by atoms with E-state index in [0.717, 1.165) is 11.1 Å². The molecule has 0 fully saturated rings. The predicted molar refractivity (Wildman–Crippen MR) is 104 cm³/mol. The second-order valence-corrected chi connectivity index (χ2v) is 6.27. The van der Waals surface area contributed by atoms with Crippen LogP contribution in [0.1, 0.15) is 29.4 Å². The summed E-state index contributed by atoms with van der Waals surface area (Å²) in [5.41, 5.74) is 6.93. The molecule has 2 atom stereocenters. The van der Waals surface area contributed by atoms with Gasteiger partial charge < -0.3 is 15.2 Å². The molecule has 2 rings (SSSR count). The molecule has 0 aromatic heterocycles. The number of amides is 1. The van der Waals surface area contributed by atoms with Crippen LogP contribution in [0.15, 0.2) is 42.5 Å². The Bertz CT molecular complexity index is 882. The Morgan fingerprint density at radius 2 is 1.89 bits per heavy atom. The van der Waals surface area contributed by atoms with Crippen LogP contribution < -0.4 is 15.2 Å². The summed E-state index contributed by atoms with van der Waals surface area (Å²) >= 11 is 5.94. The topological polar surface area (TPSA) is 85.3 Å². The van der Waals surface area contributed by atoms with Crippen molar-refractivity contribution < 1.29 is 14.3 Å². The smallest absolute Gasteiger partial charge is 0.218 e. The minimum Gasteiger partial charge on any atom is -0.493 e. The third-order valence-electron chi connectivity index (χ3n) is 4.12. The first kappa shape index (κ1) is 20.2. The van der Waals surface area contributed by atoms with Crippen LogP contribution in [0, 0.1) is 23.7 Å². The minimum atomic E-state index is -0.586. The number of nitriles is 1. The highest BCUT2D eigenvalue weighted by molar-refractivity contribution is 6.30. The van der Waals surface area contributed by atoms with E-state index in [1.165, 1.54) is 7.11 Å². The summed E-state index contributed by atoms with van der Waals surface area (Å²) in [6, 6.07) is 14.5. The van der Waals surface area contributed by atoms with Crippen LogP contribution in [-0.4, -0.2) is 19.6 Å². The molecule has 2 aromatic carbocycles. The van der Waals surface area contributed by atoms with Crippen molar-refractivity contribution in [3.63, 3.8) is 0 Å². The van der Waals surface area contributed by atoms with E-state index in [2.05, 4.69) is 12.0 Å². The van der Waals surface area contributed by atoms with Crippen LogP contribution >= 0.6 is 11.6 Å². The molecule has 1 amide bonds. The summed E-state index contributed by atoms with van der Waals surface area (Å²) in [5.74, 6) is 1.80. The van der Waals surface area contributed by atoms with Gasteiger partial charge in [0.05, 0.1) is 19.1 Å². The van der Waals surface area contributed by atoms with Crippen molar-refractivity contribution in [3.8, 4) is 29.9 Å². The molecule has 0 saturated carbocycles. The van der Waals surface area contributed by atoms with Gasteiger partial charge in [-0.3, -0.25) is 4.79 Å². The third-order valence-corrected chi connectivity index (χ3v) is 4.37. The van der Waals surface area contributed by atoms with E-state index in [0.29, 0.717) is 16.5 Å². The van der Waals surface area contributed by atoms with Gasteiger partial charge in [-0.1, -0.05) is 35.7 Å². The zero-order valence-corrected chi connectivity index (χ0v) is 15.6. The first-order valence-electron chi connectivity index (χ1n) is 8.17. The lowest BCUT2D eigenvalue weighted by atomic mass is 9.80. The van der Waals surface area contributed by atoms with E-state index in [-0.39, 0.29) is 13.0 Å². The van der Waals surface area contributed by atoms with E-state index in [1.54, 1.807) is 42.5 Å². The maximum Gasteiger partial charge on any atom is 0.218 e. The van der Waals surface area contributed by atoms with Crippen molar-refractivity contribution in [1.82, 2.24) is 0 Å². The van der Waals surface area contributed by atoms with Gasteiger partial charge in [-0.25, -0.2) is 0 Å². The van der Waals surface area contributed by atoms with Crippen molar-refractivity contribution in [2.24, 2.45) is 5.73 Å². The van der Waals surface area contributed by atoms with Gasteiger partial charge in [-0.2, -0.15) is 5.26 Å². The standard InChI is InChI=1S/C21H19ClN2O3/c1-3-10-27-19-9-6-15(11-20(19)26-2)17(12-21(24)25)18(13-23)14-4-7-16(22)8-5-14/h1,4-9,11,17-18H,10,12H2,2H3,(H2,24,25). The summed E-state index contributed by atoms with van der Waals surface area (Å²) in [4.78, 5) is 11.7. The maximum atomic E-state index is 11.7. The second kappa shape index (κ2) is 9.52. The first-order valence-corrected chi connectivity index (χ1v) is 8.55. The SMILES string of the molecule is C#CCOc1ccc(C(CC(N)=O)C(C#N)c2ccc(Cl)cc2)cc1OC. The number of carbonyl (C=O) groups is 1. The fourth-order valence-corrected chi connectivity index (χ4v) is 2.99. The Balaban J connectivity index is 2.46. The summed E-state index contributed by atoms with van der Waals surface area (Å²) in [6.45, 7) is 0.103. The Labute approximate surface area is 163 Å². The van der Waals surface area contributed by atoms with Crippen LogP contribution in [0.4, 0.5) is 0 Å². The molecule has 5 nitrogen and oxygen atoms in total. The number of terminal acetylenes is 1. The van der Waals surface area contributed by atoms with Gasteiger partial charge in [0.2, 0.25) is 5.91 Å². The molecule has 138 valence electrons. The Morgan fingerprint density at radius 3 is 2.44 bits per heavy atom. The number of ether oxygens (including phenoxy) is 2. The van der Waals surface area contributed by atoms with Gasteiger partial charge in [-0.15, -0.1) is 6.42 Å². The Hall–Kier alpha value is -3.15. The highest BCUT2D eigenvalue weighted by Crippen LogP contribution is 2.39. The molecular weight excluding hydrogens is 364 g/mol. The molecule has 0 aliphatic carbocycles. The molecule has 0 bridgehead atoms. The monoisotopic (exact) mass is 382 g/mol. The molecule has 0 aliphatic heterocycles. The molecule has 0 heterocycles. The molecule has 2 unspecified atom stereocenters. The van der Waals surface area contributed by atoms with E-state index in [4.69, 9.17) is 33.2 Å². The molecule has 0 spiro atoms. The average molecular weight is 383 g/mol. The number of hydrogen-bond acceptors (Lipinski definition) is 4. The van der Waals surface area contributed by atoms with Gasteiger partial charge in [0.25, 0.3) is 0 Å². The molecule has 0 saturated heterocycles. The van der Waals surface area contributed by atoms with Gasteiger partial charge in [-0.05, 0) is 35.4 Å². The van der Waals surface area contributed by atoms with Crippen LogP contribution in [0.5, 0.6) is 11.5 Å². The van der Waals surface area contributed by atoms with Crippen LogP contribution in [0.25, 0.3) is 0 Å². The second-order valence-electron chi connectivity index (χ2n) is 5.84. The van der Waals surface area contributed by atoms with Crippen molar-refractivity contribution in [2.45, 2.75) is 18.3 Å². The van der Waals surface area contributed by atoms with Gasteiger partial charge in [0.1, 0.15) is 6.61 Å². The normalized spacial score (nSPS) is 12.3. The number of carbonyl (C=O) groups excluding carboxylic acids is 1. The predicted octanol–water partition coefficient (Wildman–Crippen LogP) is 3.63. The van der Waals surface area contributed by atoms with Crippen LogP contribution in [0.2, 0.25) is 5.02 Å². The van der Waals surface area contributed by atoms with Gasteiger partial charge in [0, 0.05) is 17.4 Å². The average Bonchev–Trinajstić information content (AvgIpc) is 2.67. The Morgan fingerprint density at radius 1 is 1.22 bits per heavy atom. The van der Waals surface area contributed by atoms with Crippen molar-refractivity contribution >= 4 is 17.5 Å². The van der Waals surface area contributed by atoms with E-state index in [9.17, 15) is 10.1 Å². The highest BCUT2D eigenvalue weighted by atomic mass is 35.5. The van der Waals surface area contributed by atoms with E-state index in [1.807, 2.05) is 0 Å². The number of methoxy groups -OCH3 is 1. The fraction of sp³-hybridized carbons (Fsp3) is 0.238. The minimum absolute atomic E-state index is 0.00850. The lowest BCUT2D eigenvalue weighted by Crippen LogP contribution is -2.20. The molecule has 2 aromatic rings. The van der Waals surface area contributed by atoms with Gasteiger partial charge >= 0.3 is 0 Å². The maximum absolute atomic E-state index is 11.7. The number of rotatable bonds is 8. The lowest BCUT2D eigenvalue weighted by molar-refractivity contribution is -0.118. The fourth-order valence-electron chi connectivity index (χ4n) is 2.87. The molecule has 0 radical (unpaired) electrons. The highest BCUT2D eigenvalue weighted by Gasteiger charge is 2.27. The van der Waals surface area contributed by atoms with Crippen molar-refractivity contribution in [1.29, 1.82) is 5.26 Å². The number of benzene rings is 2. The third kappa shape index (κ3) is 5.17.